The minimum Gasteiger partial charge on any atom is -0.481 e. The lowest BCUT2D eigenvalue weighted by Gasteiger charge is -2.28. The molecule has 7 nitrogen and oxygen atoms in total. The highest BCUT2D eigenvalue weighted by atomic mass is 79.9. The number of unbranched alkanes of at least 4 members (excludes halogenated alkanes) is 2. The van der Waals surface area contributed by atoms with Crippen LogP contribution >= 0.6 is 15.9 Å². The molecule has 2 fully saturated rings. The highest BCUT2D eigenvalue weighted by Crippen LogP contribution is 2.45. The van der Waals surface area contributed by atoms with Crippen LogP contribution in [0.5, 0.6) is 0 Å². The van der Waals surface area contributed by atoms with Gasteiger partial charge in [0.2, 0.25) is 5.91 Å². The van der Waals surface area contributed by atoms with Crippen molar-refractivity contribution < 1.29 is 24.2 Å². The van der Waals surface area contributed by atoms with Crippen LogP contribution in [0.1, 0.15) is 56.6 Å². The second kappa shape index (κ2) is 12.3. The van der Waals surface area contributed by atoms with E-state index >= 15 is 0 Å². The van der Waals surface area contributed by atoms with Crippen molar-refractivity contribution in [1.29, 1.82) is 0 Å². The molecule has 4 atom stereocenters. The number of aryl methyl sites for hydroxylation is 1. The maximum atomic E-state index is 13.3. The molecule has 33 heavy (non-hydrogen) atoms. The standard InChI is InChI=1S/C25H33BrN2O5/c1-2-3-6-13-27-24(31)19(15-26)28-25(32)23-18(20-10-11-21(23)33-20)14-17-8-5-4-7-16(17)9-12-22(29)30/h4-5,7-8,15,18,20-21,23H,2-3,6,9-14H2,1H3,(H,27,31)(H,28,32)(H,29,30)/t18-,20-,21+,23-/m0/s1. The fraction of sp³-hybridized carbons (Fsp3) is 0.560. The second-order valence-electron chi connectivity index (χ2n) is 8.82. The Bertz CT molecular complexity index is 887. The number of rotatable bonds is 12. The van der Waals surface area contributed by atoms with Crippen molar-refractivity contribution in [3.8, 4) is 0 Å². The number of hydrogen-bond acceptors (Lipinski definition) is 4. The van der Waals surface area contributed by atoms with Crippen LogP contribution in [0.2, 0.25) is 0 Å². The molecule has 2 aliphatic rings. The molecule has 2 heterocycles. The highest BCUT2D eigenvalue weighted by Gasteiger charge is 2.52. The van der Waals surface area contributed by atoms with E-state index in [1.54, 1.807) is 0 Å². The third-order valence-electron chi connectivity index (χ3n) is 6.59. The molecule has 0 radical (unpaired) electrons. The van der Waals surface area contributed by atoms with Crippen LogP contribution in [0.25, 0.3) is 0 Å². The first-order valence-corrected chi connectivity index (χ1v) is 12.7. The molecule has 0 aromatic heterocycles. The number of carbonyl (C=O) groups is 3. The average Bonchev–Trinajstić information content (AvgIpc) is 3.41. The Balaban J connectivity index is 1.67. The predicted molar refractivity (Wildman–Crippen MR) is 129 cm³/mol. The summed E-state index contributed by atoms with van der Waals surface area (Å²) < 4.78 is 6.11. The molecule has 0 saturated carbocycles. The molecule has 0 unspecified atom stereocenters. The Morgan fingerprint density at radius 3 is 2.58 bits per heavy atom. The van der Waals surface area contributed by atoms with Gasteiger partial charge in [-0.3, -0.25) is 14.4 Å². The van der Waals surface area contributed by atoms with Gasteiger partial charge in [0.15, 0.2) is 0 Å². The van der Waals surface area contributed by atoms with Crippen LogP contribution in [0, 0.1) is 11.8 Å². The Labute approximate surface area is 203 Å². The number of aliphatic carboxylic acids is 1. The number of carboxylic acids is 1. The highest BCUT2D eigenvalue weighted by molar-refractivity contribution is 9.11. The molecule has 180 valence electrons. The summed E-state index contributed by atoms with van der Waals surface area (Å²) in [5.74, 6) is -1.71. The zero-order chi connectivity index (χ0) is 23.8. The number of carbonyl (C=O) groups excluding carboxylic acids is 2. The summed E-state index contributed by atoms with van der Waals surface area (Å²) in [5, 5.41) is 14.7. The molecule has 1 aromatic carbocycles. The van der Waals surface area contributed by atoms with Gasteiger partial charge in [0.25, 0.3) is 5.91 Å². The zero-order valence-electron chi connectivity index (χ0n) is 19.0. The second-order valence-corrected chi connectivity index (χ2v) is 9.28. The van der Waals surface area contributed by atoms with E-state index in [1.807, 2.05) is 24.3 Å². The normalized spacial score (nSPS) is 24.0. The minimum absolute atomic E-state index is 0.00227. The van der Waals surface area contributed by atoms with Crippen LogP contribution in [0.15, 0.2) is 34.9 Å². The first-order chi connectivity index (χ1) is 15.9. The van der Waals surface area contributed by atoms with Crippen molar-refractivity contribution in [3.05, 3.63) is 46.1 Å². The van der Waals surface area contributed by atoms with Crippen LogP contribution in [0.4, 0.5) is 0 Å². The summed E-state index contributed by atoms with van der Waals surface area (Å²) in [4.78, 5) is 38.3. The van der Waals surface area contributed by atoms with Crippen molar-refractivity contribution in [2.45, 2.75) is 70.5 Å². The maximum absolute atomic E-state index is 13.3. The van der Waals surface area contributed by atoms with E-state index < -0.39 is 5.97 Å². The number of carboxylic acid groups (broad SMARTS) is 1. The number of fused-ring (bicyclic) bond motifs is 2. The third-order valence-corrected chi connectivity index (χ3v) is 7.04. The van der Waals surface area contributed by atoms with Crippen molar-refractivity contribution in [2.75, 3.05) is 6.54 Å². The Morgan fingerprint density at radius 1 is 1.15 bits per heavy atom. The van der Waals surface area contributed by atoms with E-state index in [2.05, 4.69) is 33.5 Å². The summed E-state index contributed by atoms with van der Waals surface area (Å²) in [7, 11) is 0. The Kier molecular flexibility index (Phi) is 9.50. The summed E-state index contributed by atoms with van der Waals surface area (Å²) >= 11 is 3.21. The van der Waals surface area contributed by atoms with Crippen LogP contribution in [-0.4, -0.2) is 41.6 Å². The Hall–Kier alpha value is -2.19. The van der Waals surface area contributed by atoms with Gasteiger partial charge in [0, 0.05) is 23.9 Å². The average molecular weight is 521 g/mol. The molecule has 0 spiro atoms. The number of amides is 2. The lowest BCUT2D eigenvalue weighted by Crippen LogP contribution is -2.44. The lowest BCUT2D eigenvalue weighted by molar-refractivity contribution is -0.137. The number of benzene rings is 1. The summed E-state index contributed by atoms with van der Waals surface area (Å²) in [6.45, 7) is 2.67. The van der Waals surface area contributed by atoms with Crippen LogP contribution < -0.4 is 10.6 Å². The molecule has 2 bridgehead atoms. The Morgan fingerprint density at radius 2 is 1.88 bits per heavy atom. The van der Waals surface area contributed by atoms with Crippen molar-refractivity contribution in [3.63, 3.8) is 0 Å². The van der Waals surface area contributed by atoms with E-state index in [9.17, 15) is 14.4 Å². The number of nitrogens with one attached hydrogen (secondary N) is 2. The first-order valence-electron chi connectivity index (χ1n) is 11.8. The van der Waals surface area contributed by atoms with Gasteiger partial charge >= 0.3 is 5.97 Å². The zero-order valence-corrected chi connectivity index (χ0v) is 20.6. The van der Waals surface area contributed by atoms with Gasteiger partial charge in [-0.15, -0.1) is 0 Å². The molecule has 2 saturated heterocycles. The van der Waals surface area contributed by atoms with E-state index in [0.29, 0.717) is 19.4 Å². The summed E-state index contributed by atoms with van der Waals surface area (Å²) in [6, 6.07) is 7.81. The lowest BCUT2D eigenvalue weighted by atomic mass is 9.75. The largest absolute Gasteiger partial charge is 0.481 e. The fourth-order valence-corrected chi connectivity index (χ4v) is 5.24. The van der Waals surface area contributed by atoms with Gasteiger partial charge in [-0.1, -0.05) is 60.0 Å². The van der Waals surface area contributed by atoms with Gasteiger partial charge < -0.3 is 20.5 Å². The number of ether oxygens (including phenoxy) is 1. The van der Waals surface area contributed by atoms with Gasteiger partial charge in [-0.25, -0.2) is 0 Å². The SMILES string of the molecule is CCCCCNC(=O)C(=CBr)NC(=O)[C@H]1[C@@H](Cc2ccccc2CCC(=O)O)[C@@H]2CC[C@H]1O2. The molecular formula is C25H33BrN2O5. The molecule has 2 aliphatic heterocycles. The van der Waals surface area contributed by atoms with Crippen molar-refractivity contribution in [2.24, 2.45) is 11.8 Å². The molecule has 3 rings (SSSR count). The van der Waals surface area contributed by atoms with Crippen molar-refractivity contribution in [1.82, 2.24) is 10.6 Å². The number of halogens is 1. The third kappa shape index (κ3) is 6.67. The van der Waals surface area contributed by atoms with Crippen molar-refractivity contribution >= 4 is 33.7 Å². The molecule has 8 heteroatoms. The van der Waals surface area contributed by atoms with E-state index in [0.717, 1.165) is 43.2 Å². The van der Waals surface area contributed by atoms with Gasteiger partial charge in [0.1, 0.15) is 5.70 Å². The van der Waals surface area contributed by atoms with Gasteiger partial charge in [-0.05, 0) is 43.2 Å². The monoisotopic (exact) mass is 520 g/mol. The molecular weight excluding hydrogens is 488 g/mol. The van der Waals surface area contributed by atoms with Gasteiger partial charge in [-0.2, -0.15) is 0 Å². The van der Waals surface area contributed by atoms with E-state index in [4.69, 9.17) is 9.84 Å². The topological polar surface area (TPSA) is 105 Å². The first kappa shape index (κ1) is 25.4. The molecule has 0 aliphatic carbocycles. The quantitative estimate of drug-likeness (QED) is 0.288. The number of hydrogen-bond donors (Lipinski definition) is 3. The molecule has 1 aromatic rings. The van der Waals surface area contributed by atoms with Crippen LogP contribution in [-0.2, 0) is 32.0 Å². The maximum Gasteiger partial charge on any atom is 0.303 e. The summed E-state index contributed by atoms with van der Waals surface area (Å²) in [5.41, 5.74) is 2.25. The van der Waals surface area contributed by atoms with E-state index in [-0.39, 0.29) is 48.0 Å². The fourth-order valence-electron chi connectivity index (χ4n) is 4.91. The van der Waals surface area contributed by atoms with E-state index in [1.165, 1.54) is 4.99 Å². The van der Waals surface area contributed by atoms with Crippen LogP contribution in [0.3, 0.4) is 0 Å². The van der Waals surface area contributed by atoms with Gasteiger partial charge in [0.05, 0.1) is 18.1 Å². The molecule has 2 amide bonds. The minimum atomic E-state index is -0.827. The molecule has 3 N–H and O–H groups in total. The predicted octanol–water partition coefficient (Wildman–Crippen LogP) is 3.70. The smallest absolute Gasteiger partial charge is 0.303 e. The summed E-state index contributed by atoms with van der Waals surface area (Å²) in [6.07, 6.45) is 5.76.